The highest BCUT2D eigenvalue weighted by Crippen LogP contribution is 2.39. The molecule has 0 aromatic heterocycles. The Morgan fingerprint density at radius 3 is 2.22 bits per heavy atom. The number of nitrogens with zero attached hydrogens (tertiary/aromatic N) is 1. The number of ether oxygens (including phenoxy) is 3. The molecule has 0 fully saturated rings. The minimum atomic E-state index is -2.60. The van der Waals surface area contributed by atoms with Gasteiger partial charge in [-0.25, -0.2) is 9.59 Å². The van der Waals surface area contributed by atoms with Crippen molar-refractivity contribution in [2.24, 2.45) is 0 Å². The lowest BCUT2D eigenvalue weighted by Gasteiger charge is -2.39. The highest BCUT2D eigenvalue weighted by molar-refractivity contribution is 9.10. The number of hydrogen-bond acceptors (Lipinski definition) is 7. The predicted octanol–water partition coefficient (Wildman–Crippen LogP) is 5.98. The quantitative estimate of drug-likeness (QED) is 0.196. The second-order valence-electron chi connectivity index (χ2n) is 8.94. The summed E-state index contributed by atoms with van der Waals surface area (Å²) in [6.45, 7) is 8.55. The van der Waals surface area contributed by atoms with Crippen LogP contribution in [0, 0.1) is 11.3 Å². The molecule has 0 atom stereocenters. The molecule has 7 nitrogen and oxygen atoms in total. The van der Waals surface area contributed by atoms with Gasteiger partial charge >= 0.3 is 11.9 Å². The summed E-state index contributed by atoms with van der Waals surface area (Å²) in [4.78, 5) is 24.4. The molecule has 0 unspecified atom stereocenters. The van der Waals surface area contributed by atoms with Crippen LogP contribution >= 0.6 is 15.9 Å². The van der Waals surface area contributed by atoms with Crippen LogP contribution in [0.25, 0.3) is 5.57 Å². The van der Waals surface area contributed by atoms with Gasteiger partial charge in [0, 0.05) is 22.7 Å². The summed E-state index contributed by atoms with van der Waals surface area (Å²) >= 11 is 3.54. The van der Waals surface area contributed by atoms with Crippen molar-refractivity contribution < 1.29 is 28.2 Å². The van der Waals surface area contributed by atoms with Crippen molar-refractivity contribution in [2.45, 2.75) is 44.8 Å². The van der Waals surface area contributed by atoms with Crippen LogP contribution < -0.4 is 9.16 Å². The summed E-state index contributed by atoms with van der Waals surface area (Å²) in [5.41, 5.74) is 2.35. The van der Waals surface area contributed by atoms with Gasteiger partial charge in [0.05, 0.1) is 32.5 Å². The number of esters is 2. The summed E-state index contributed by atoms with van der Waals surface area (Å²) < 4.78 is 22.4. The Bertz CT molecular complexity index is 1180. The molecule has 0 aliphatic heterocycles. The molecule has 0 heterocycles. The molecule has 9 heteroatoms. The largest absolute Gasteiger partial charge is 0.542 e. The molecule has 0 saturated carbocycles. The molecule has 0 bridgehead atoms. The van der Waals surface area contributed by atoms with Crippen molar-refractivity contribution in [3.63, 3.8) is 0 Å². The number of carbonyl (C=O) groups is 2. The van der Waals surface area contributed by atoms with Crippen LogP contribution in [0.5, 0.6) is 11.5 Å². The SMILES string of the molecule is COC(=O)/C=C(\C(=O)OC)c1cc(Br)cc(C[Si](Oc2ccc(OC)cc2C#N)(C(C)C)C(C)C)c1. The van der Waals surface area contributed by atoms with E-state index in [0.29, 0.717) is 28.7 Å². The van der Waals surface area contributed by atoms with E-state index < -0.39 is 20.3 Å². The van der Waals surface area contributed by atoms with E-state index in [4.69, 9.17) is 18.6 Å². The number of benzene rings is 2. The Morgan fingerprint density at radius 2 is 1.69 bits per heavy atom. The smallest absolute Gasteiger partial charge is 0.338 e. The molecule has 2 aromatic carbocycles. The number of carbonyl (C=O) groups excluding carboxylic acids is 2. The van der Waals surface area contributed by atoms with Crippen LogP contribution in [0.3, 0.4) is 0 Å². The topological polar surface area (TPSA) is 94.9 Å². The molecule has 0 radical (unpaired) electrons. The van der Waals surface area contributed by atoms with Crippen molar-refractivity contribution in [3.8, 4) is 17.6 Å². The van der Waals surface area contributed by atoms with E-state index in [-0.39, 0.29) is 16.7 Å². The fourth-order valence-corrected chi connectivity index (χ4v) is 8.80. The monoisotopic (exact) mass is 573 g/mol. The van der Waals surface area contributed by atoms with E-state index in [1.165, 1.54) is 14.2 Å². The number of nitriles is 1. The zero-order chi connectivity index (χ0) is 27.0. The van der Waals surface area contributed by atoms with Crippen LogP contribution in [-0.2, 0) is 25.1 Å². The van der Waals surface area contributed by atoms with Gasteiger partial charge in [-0.15, -0.1) is 0 Å². The summed E-state index contributed by atoms with van der Waals surface area (Å²) in [6, 6.07) is 13.7. The van der Waals surface area contributed by atoms with Gasteiger partial charge in [-0.2, -0.15) is 5.26 Å². The Kier molecular flexibility index (Phi) is 10.3. The third-order valence-corrected chi connectivity index (χ3v) is 12.1. The summed E-state index contributed by atoms with van der Waals surface area (Å²) in [6.07, 6.45) is 1.13. The van der Waals surface area contributed by atoms with Crippen LogP contribution in [0.1, 0.15) is 44.4 Å². The average molecular weight is 575 g/mol. The Hall–Kier alpha value is -3.09. The zero-order valence-corrected chi connectivity index (χ0v) is 24.3. The van der Waals surface area contributed by atoms with Crippen molar-refractivity contribution in [3.05, 3.63) is 63.6 Å². The average Bonchev–Trinajstić information content (AvgIpc) is 2.85. The first-order chi connectivity index (χ1) is 17.0. The summed E-state index contributed by atoms with van der Waals surface area (Å²) in [5, 5.41) is 9.74. The van der Waals surface area contributed by atoms with Gasteiger partial charge in [0.2, 0.25) is 0 Å². The maximum absolute atomic E-state index is 12.5. The first kappa shape index (κ1) is 29.1. The van der Waals surface area contributed by atoms with Crippen molar-refractivity contribution in [2.75, 3.05) is 21.3 Å². The Morgan fingerprint density at radius 1 is 1.03 bits per heavy atom. The lowest BCUT2D eigenvalue weighted by Crippen LogP contribution is -2.50. The molecular weight excluding hydrogens is 542 g/mol. The van der Waals surface area contributed by atoms with E-state index in [9.17, 15) is 14.9 Å². The van der Waals surface area contributed by atoms with Crippen LogP contribution in [0.4, 0.5) is 0 Å². The number of methoxy groups -OCH3 is 3. The molecule has 2 rings (SSSR count). The molecule has 192 valence electrons. The highest BCUT2D eigenvalue weighted by Gasteiger charge is 2.44. The first-order valence-corrected chi connectivity index (χ1v) is 14.5. The van der Waals surface area contributed by atoms with Crippen LogP contribution in [-0.4, -0.2) is 41.6 Å². The Labute approximate surface area is 222 Å². The number of rotatable bonds is 10. The fourth-order valence-electron chi connectivity index (χ4n) is 4.14. The van der Waals surface area contributed by atoms with Crippen molar-refractivity contribution in [1.29, 1.82) is 5.26 Å². The highest BCUT2D eigenvalue weighted by atomic mass is 79.9. The molecule has 0 aliphatic carbocycles. The molecule has 0 amide bonds. The van der Waals surface area contributed by atoms with E-state index in [0.717, 1.165) is 16.1 Å². The molecular formula is C27H32BrNO6Si. The van der Waals surface area contributed by atoms with E-state index in [1.807, 2.05) is 12.1 Å². The van der Waals surface area contributed by atoms with E-state index in [1.54, 1.807) is 31.4 Å². The summed E-state index contributed by atoms with van der Waals surface area (Å²) in [7, 11) is 1.46. The van der Waals surface area contributed by atoms with Gasteiger partial charge in [0.25, 0.3) is 8.32 Å². The normalized spacial score (nSPS) is 11.8. The third-order valence-electron chi connectivity index (χ3n) is 6.18. The third kappa shape index (κ3) is 6.77. The molecule has 0 saturated heterocycles. The van der Waals surface area contributed by atoms with Crippen molar-refractivity contribution >= 4 is 41.8 Å². The maximum Gasteiger partial charge on any atom is 0.338 e. The first-order valence-electron chi connectivity index (χ1n) is 11.5. The van der Waals surface area contributed by atoms with Gasteiger partial charge in [0.1, 0.15) is 17.6 Å². The lowest BCUT2D eigenvalue weighted by molar-refractivity contribution is -0.136. The van der Waals surface area contributed by atoms with Crippen LogP contribution in [0.15, 0.2) is 46.9 Å². The second kappa shape index (κ2) is 12.7. The Balaban J connectivity index is 2.62. The predicted molar refractivity (Wildman–Crippen MR) is 144 cm³/mol. The van der Waals surface area contributed by atoms with E-state index >= 15 is 0 Å². The standard InChI is InChI=1S/C27H32BrNO6Si/c1-17(2)36(18(3)4,35-25-9-8-23(32-5)13-21(25)15-29)16-19-10-20(12-22(28)11-19)24(27(31)34-7)14-26(30)33-6/h8-14,17-18H,16H2,1-7H3/b24-14-. The van der Waals surface area contributed by atoms with Gasteiger partial charge in [-0.1, -0.05) is 49.7 Å². The van der Waals surface area contributed by atoms with Gasteiger partial charge in [-0.05, 0) is 46.5 Å². The molecule has 36 heavy (non-hydrogen) atoms. The zero-order valence-electron chi connectivity index (χ0n) is 21.7. The van der Waals surface area contributed by atoms with E-state index in [2.05, 4.69) is 49.7 Å². The molecule has 0 N–H and O–H groups in total. The lowest BCUT2D eigenvalue weighted by atomic mass is 10.0. The maximum atomic E-state index is 12.5. The molecule has 2 aromatic rings. The second-order valence-corrected chi connectivity index (χ2v) is 14.6. The van der Waals surface area contributed by atoms with Gasteiger partial charge in [-0.3, -0.25) is 0 Å². The summed E-state index contributed by atoms with van der Waals surface area (Å²) in [5.74, 6) is -0.182. The van der Waals surface area contributed by atoms with Gasteiger partial charge < -0.3 is 18.6 Å². The minimum Gasteiger partial charge on any atom is -0.542 e. The van der Waals surface area contributed by atoms with Gasteiger partial charge in [0.15, 0.2) is 0 Å². The fraction of sp³-hybridized carbons (Fsp3) is 0.370. The van der Waals surface area contributed by atoms with Crippen molar-refractivity contribution in [1.82, 2.24) is 0 Å². The van der Waals surface area contributed by atoms with Crippen LogP contribution in [0.2, 0.25) is 11.1 Å². The minimum absolute atomic E-state index is 0.0936. The molecule has 0 aliphatic rings. The number of halogens is 1. The molecule has 0 spiro atoms. The number of hydrogen-bond donors (Lipinski definition) is 0.